The Labute approximate surface area is 210 Å². The lowest BCUT2D eigenvalue weighted by Crippen LogP contribution is -2.67. The summed E-state index contributed by atoms with van der Waals surface area (Å²) in [5.41, 5.74) is 6.96. The van der Waals surface area contributed by atoms with Crippen molar-refractivity contribution < 1.29 is 9.18 Å². The molecule has 0 aliphatic carbocycles. The number of fused-ring (bicyclic) bond motifs is 4. The topological polar surface area (TPSA) is 70.2 Å². The van der Waals surface area contributed by atoms with Gasteiger partial charge in [-0.3, -0.25) is 9.78 Å². The fourth-order valence-electron chi connectivity index (χ4n) is 5.26. The first kappa shape index (κ1) is 21.4. The summed E-state index contributed by atoms with van der Waals surface area (Å²) in [6.07, 6.45) is 2.87. The van der Waals surface area contributed by atoms with Gasteiger partial charge >= 0.3 is 0 Å². The summed E-state index contributed by atoms with van der Waals surface area (Å²) in [5.74, 6) is -0.518. The van der Waals surface area contributed by atoms with E-state index in [-0.39, 0.29) is 5.91 Å². The highest BCUT2D eigenvalue weighted by molar-refractivity contribution is 7.16. The van der Waals surface area contributed by atoms with Gasteiger partial charge in [-0.1, -0.05) is 12.1 Å². The number of hydrogen-bond donors (Lipinski definition) is 2. The molecule has 0 radical (unpaired) electrons. The van der Waals surface area contributed by atoms with Crippen LogP contribution in [0, 0.1) is 5.82 Å². The molecule has 178 valence electrons. The van der Waals surface area contributed by atoms with E-state index in [2.05, 4.69) is 20.6 Å². The molecule has 36 heavy (non-hydrogen) atoms. The van der Waals surface area contributed by atoms with Crippen molar-refractivity contribution in [1.29, 1.82) is 0 Å². The van der Waals surface area contributed by atoms with E-state index in [0.29, 0.717) is 36.3 Å². The molecule has 6 nitrogen and oxygen atoms in total. The van der Waals surface area contributed by atoms with Gasteiger partial charge in [0.2, 0.25) is 0 Å². The van der Waals surface area contributed by atoms with Gasteiger partial charge in [0.1, 0.15) is 5.82 Å². The zero-order chi connectivity index (χ0) is 24.2. The summed E-state index contributed by atoms with van der Waals surface area (Å²) in [7, 11) is 0. The van der Waals surface area contributed by atoms with Crippen molar-refractivity contribution in [2.24, 2.45) is 0 Å². The van der Waals surface area contributed by atoms with Gasteiger partial charge in [0, 0.05) is 59.3 Å². The lowest BCUT2D eigenvalue weighted by atomic mass is 9.91. The van der Waals surface area contributed by atoms with E-state index >= 15 is 4.39 Å². The van der Waals surface area contributed by atoms with Crippen molar-refractivity contribution in [3.8, 4) is 11.1 Å². The van der Waals surface area contributed by atoms with Crippen molar-refractivity contribution >= 4 is 49.7 Å². The molecule has 5 heterocycles. The monoisotopic (exact) mass is 495 g/mol. The number of aromatic nitrogens is 2. The zero-order valence-electron chi connectivity index (χ0n) is 19.2. The Hall–Kier alpha value is -3.88. The molecule has 2 N–H and O–H groups in total. The highest BCUT2D eigenvalue weighted by Gasteiger charge is 2.38. The van der Waals surface area contributed by atoms with Gasteiger partial charge < -0.3 is 15.5 Å². The van der Waals surface area contributed by atoms with E-state index in [0.717, 1.165) is 44.5 Å². The number of carbonyl (C=O) groups excluding carboxylic acids is 1. The second-order valence-corrected chi connectivity index (χ2v) is 10.3. The Morgan fingerprint density at radius 1 is 1.00 bits per heavy atom. The number of piperidine rings is 1. The number of benzene rings is 3. The largest absolute Gasteiger partial charge is 0.355 e. The Morgan fingerprint density at radius 3 is 2.69 bits per heavy atom. The highest BCUT2D eigenvalue weighted by atomic mass is 32.1. The number of pyridine rings is 1. The third kappa shape index (κ3) is 3.70. The molecule has 8 heteroatoms. The minimum atomic E-state index is -0.409. The van der Waals surface area contributed by atoms with Crippen LogP contribution < -0.4 is 10.6 Å². The Morgan fingerprint density at radius 2 is 1.86 bits per heavy atom. The summed E-state index contributed by atoms with van der Waals surface area (Å²) >= 11 is 1.61. The average molecular weight is 496 g/mol. The number of anilines is 2. The normalized spacial score (nSPS) is 18.9. The smallest absolute Gasteiger partial charge is 0.254 e. The summed E-state index contributed by atoms with van der Waals surface area (Å²) in [6, 6.07) is 19.2. The summed E-state index contributed by atoms with van der Waals surface area (Å²) in [6.45, 7) is 1.36. The second-order valence-electron chi connectivity index (χ2n) is 9.45. The number of nitrogens with one attached hydrogen (secondary N) is 2. The summed E-state index contributed by atoms with van der Waals surface area (Å²) in [4.78, 5) is 23.6. The first-order valence-corrected chi connectivity index (χ1v) is 12.8. The Kier molecular flexibility index (Phi) is 4.97. The molecule has 0 spiro atoms. The van der Waals surface area contributed by atoms with Crippen molar-refractivity contribution in [2.45, 2.75) is 18.5 Å². The quantitative estimate of drug-likeness (QED) is 0.341. The molecule has 3 aliphatic heterocycles. The number of halogens is 1. The molecule has 0 unspecified atom stereocenters. The van der Waals surface area contributed by atoms with E-state index in [1.54, 1.807) is 29.7 Å². The van der Waals surface area contributed by atoms with E-state index < -0.39 is 5.82 Å². The van der Waals surface area contributed by atoms with Gasteiger partial charge in [0.25, 0.3) is 5.91 Å². The predicted octanol–water partition coefficient (Wildman–Crippen LogP) is 5.58. The van der Waals surface area contributed by atoms with Crippen LogP contribution in [0.1, 0.15) is 16.8 Å². The number of amides is 1. The van der Waals surface area contributed by atoms with Crippen molar-refractivity contribution in [3.05, 3.63) is 83.8 Å². The first-order valence-electron chi connectivity index (χ1n) is 11.9. The van der Waals surface area contributed by atoms with E-state index in [9.17, 15) is 4.79 Å². The Balaban J connectivity index is 1.20. The van der Waals surface area contributed by atoms with Crippen LogP contribution in [0.3, 0.4) is 0 Å². The van der Waals surface area contributed by atoms with Crippen LogP contribution in [0.5, 0.6) is 0 Å². The van der Waals surface area contributed by atoms with Gasteiger partial charge in [-0.25, -0.2) is 9.37 Å². The van der Waals surface area contributed by atoms with E-state index in [1.165, 1.54) is 6.07 Å². The molecular weight excluding hydrogens is 473 g/mol. The molecule has 0 saturated carbocycles. The number of rotatable bonds is 4. The molecule has 5 aromatic rings. The predicted molar refractivity (Wildman–Crippen MR) is 141 cm³/mol. The van der Waals surface area contributed by atoms with Crippen LogP contribution in [0.15, 0.2) is 72.4 Å². The SMILES string of the molecule is O=C(c1ccc(-c2ccc3nccc(Nc4ccc5scnc5c4)c3c2)c(F)c1)N1C[C@H]2C[C@@H](C1)N2. The van der Waals surface area contributed by atoms with E-state index in [4.69, 9.17) is 0 Å². The van der Waals surface area contributed by atoms with E-state index in [1.807, 2.05) is 52.9 Å². The number of piperazine rings is 1. The fraction of sp³-hybridized carbons (Fsp3) is 0.179. The van der Waals surface area contributed by atoms with Crippen LogP contribution in [0.25, 0.3) is 32.2 Å². The molecule has 1 amide bonds. The summed E-state index contributed by atoms with van der Waals surface area (Å²) in [5, 5.41) is 7.77. The molecule has 2 aromatic heterocycles. The molecule has 2 bridgehead atoms. The minimum Gasteiger partial charge on any atom is -0.355 e. The van der Waals surface area contributed by atoms with Gasteiger partial charge in [-0.15, -0.1) is 11.3 Å². The van der Waals surface area contributed by atoms with Crippen molar-refractivity contribution in [2.75, 3.05) is 18.4 Å². The molecule has 3 aliphatic rings. The average Bonchev–Trinajstić information content (AvgIpc) is 3.36. The van der Waals surface area contributed by atoms with Crippen LogP contribution in [-0.2, 0) is 0 Å². The van der Waals surface area contributed by atoms with Crippen LogP contribution in [-0.4, -0.2) is 45.9 Å². The van der Waals surface area contributed by atoms with Crippen molar-refractivity contribution in [1.82, 2.24) is 20.2 Å². The maximum atomic E-state index is 15.3. The number of nitrogens with zero attached hydrogens (tertiary/aromatic N) is 3. The summed E-state index contributed by atoms with van der Waals surface area (Å²) < 4.78 is 16.4. The second kappa shape index (κ2) is 8.36. The maximum Gasteiger partial charge on any atom is 0.254 e. The lowest BCUT2D eigenvalue weighted by molar-refractivity contribution is 0.0473. The van der Waals surface area contributed by atoms with Gasteiger partial charge in [-0.05, 0) is 60.5 Å². The zero-order valence-corrected chi connectivity index (χ0v) is 20.1. The van der Waals surface area contributed by atoms with Crippen LogP contribution >= 0.6 is 11.3 Å². The minimum absolute atomic E-state index is 0.108. The van der Waals surface area contributed by atoms with Crippen LogP contribution in [0.2, 0.25) is 0 Å². The number of thiazole rings is 1. The third-order valence-corrected chi connectivity index (χ3v) is 7.90. The van der Waals surface area contributed by atoms with Gasteiger partial charge in [0.05, 0.1) is 21.2 Å². The highest BCUT2D eigenvalue weighted by Crippen LogP contribution is 2.32. The standard InChI is InChI=1S/C28H22FN5OS/c29-23-10-17(28(35)34-13-19-11-20(14-34)32-19)1-4-21(23)16-2-5-24-22(9-16)25(7-8-30-24)33-18-3-6-27-26(12-18)31-15-36-27/h1-10,12,15,19-20,32H,11,13-14H2,(H,30,33)/t19-,20+. The molecule has 2 atom stereocenters. The molecule has 3 aromatic carbocycles. The maximum absolute atomic E-state index is 15.3. The number of carbonyl (C=O) groups is 1. The van der Waals surface area contributed by atoms with Crippen molar-refractivity contribution in [3.63, 3.8) is 0 Å². The third-order valence-electron chi connectivity index (χ3n) is 7.09. The number of hydrogen-bond acceptors (Lipinski definition) is 6. The van der Waals surface area contributed by atoms with Crippen LogP contribution in [0.4, 0.5) is 15.8 Å². The first-order chi connectivity index (χ1) is 17.6. The molecular formula is C28H22FN5OS. The fourth-order valence-corrected chi connectivity index (χ4v) is 5.92. The van der Waals surface area contributed by atoms with Gasteiger partial charge in [-0.2, -0.15) is 0 Å². The molecule has 3 fully saturated rings. The van der Waals surface area contributed by atoms with Gasteiger partial charge in [0.15, 0.2) is 0 Å². The lowest BCUT2D eigenvalue weighted by Gasteiger charge is -2.48. The molecule has 3 saturated heterocycles. The molecule has 8 rings (SSSR count). The Bertz CT molecular complexity index is 1630.